The Labute approximate surface area is 173 Å². The number of benzene rings is 2. The molecule has 0 aliphatic carbocycles. The number of anilines is 2. The summed E-state index contributed by atoms with van der Waals surface area (Å²) >= 11 is 13.4. The van der Waals surface area contributed by atoms with Crippen molar-refractivity contribution in [1.82, 2.24) is 0 Å². The molecule has 0 bridgehead atoms. The van der Waals surface area contributed by atoms with Crippen LogP contribution in [-0.2, 0) is 9.59 Å². The van der Waals surface area contributed by atoms with Gasteiger partial charge in [-0.3, -0.25) is 9.59 Å². The van der Waals surface area contributed by atoms with E-state index in [1.54, 1.807) is 12.1 Å². The van der Waals surface area contributed by atoms with E-state index < -0.39 is 17.6 Å². The number of nitrogens with zero attached hydrogens (tertiary/aromatic N) is 1. The van der Waals surface area contributed by atoms with E-state index >= 15 is 0 Å². The number of nitrogens with one attached hydrogen (secondary N) is 1. The molecule has 0 fully saturated rings. The summed E-state index contributed by atoms with van der Waals surface area (Å²) in [5.41, 5.74) is 1.10. The minimum Gasteiger partial charge on any atom is -0.350 e. The molecule has 2 heterocycles. The summed E-state index contributed by atoms with van der Waals surface area (Å²) < 4.78 is 13.2. The van der Waals surface area contributed by atoms with Gasteiger partial charge in [0.05, 0.1) is 11.3 Å². The van der Waals surface area contributed by atoms with Crippen molar-refractivity contribution in [2.24, 2.45) is 0 Å². The molecule has 140 valence electrons. The molecule has 0 atom stereocenters. The zero-order valence-electron chi connectivity index (χ0n) is 14.1. The number of halogens is 3. The van der Waals surface area contributed by atoms with Crippen LogP contribution in [0.2, 0.25) is 10.0 Å². The molecule has 4 rings (SSSR count). The Morgan fingerprint density at radius 1 is 0.929 bits per heavy atom. The molecule has 28 heavy (non-hydrogen) atoms. The zero-order chi connectivity index (χ0) is 19.8. The van der Waals surface area contributed by atoms with Crippen molar-refractivity contribution >= 4 is 63.3 Å². The lowest BCUT2D eigenvalue weighted by atomic mass is 10.2. The SMILES string of the molecule is O=C1C(Nc2ccc(F)cc2)=C(c2cccs2)C(=O)N1c1cc(Cl)cc(Cl)c1. The maximum Gasteiger partial charge on any atom is 0.282 e. The van der Waals surface area contributed by atoms with Crippen LogP contribution < -0.4 is 10.2 Å². The van der Waals surface area contributed by atoms with E-state index in [1.807, 2.05) is 5.38 Å². The summed E-state index contributed by atoms with van der Waals surface area (Å²) in [7, 11) is 0. The van der Waals surface area contributed by atoms with Crippen LogP contribution in [0.3, 0.4) is 0 Å². The van der Waals surface area contributed by atoms with Crippen LogP contribution in [0, 0.1) is 5.82 Å². The van der Waals surface area contributed by atoms with Crippen molar-refractivity contribution in [3.8, 4) is 0 Å². The molecule has 1 aromatic heterocycles. The molecule has 0 spiro atoms. The monoisotopic (exact) mass is 432 g/mol. The molecule has 1 N–H and O–H groups in total. The third-order valence-electron chi connectivity index (χ3n) is 4.07. The Morgan fingerprint density at radius 3 is 2.21 bits per heavy atom. The van der Waals surface area contributed by atoms with Crippen molar-refractivity contribution in [3.63, 3.8) is 0 Å². The van der Waals surface area contributed by atoms with Gasteiger partial charge in [0, 0.05) is 20.6 Å². The van der Waals surface area contributed by atoms with E-state index in [0.29, 0.717) is 20.6 Å². The normalized spacial score (nSPS) is 14.2. The Morgan fingerprint density at radius 2 is 1.61 bits per heavy atom. The van der Waals surface area contributed by atoms with Gasteiger partial charge < -0.3 is 5.32 Å². The first-order valence-electron chi connectivity index (χ1n) is 8.09. The van der Waals surface area contributed by atoms with E-state index in [2.05, 4.69) is 5.32 Å². The van der Waals surface area contributed by atoms with E-state index in [1.165, 1.54) is 53.8 Å². The second-order valence-electron chi connectivity index (χ2n) is 5.93. The van der Waals surface area contributed by atoms with E-state index in [0.717, 1.165) is 4.90 Å². The maximum atomic E-state index is 13.2. The number of thiophene rings is 1. The molecule has 1 aliphatic rings. The molecular formula is C20H11Cl2FN2O2S. The standard InChI is InChI=1S/C20H11Cl2FN2O2S/c21-11-8-12(22)10-15(9-11)25-19(26)17(16-2-1-7-28-16)18(20(25)27)24-14-5-3-13(23)4-6-14/h1-10,24H. The lowest BCUT2D eigenvalue weighted by molar-refractivity contribution is -0.120. The first-order chi connectivity index (χ1) is 13.4. The molecule has 0 saturated heterocycles. The molecule has 8 heteroatoms. The number of imide groups is 1. The van der Waals surface area contributed by atoms with E-state index in [9.17, 15) is 14.0 Å². The summed E-state index contributed by atoms with van der Waals surface area (Å²) in [6.45, 7) is 0. The van der Waals surface area contributed by atoms with E-state index in [-0.39, 0.29) is 17.0 Å². The van der Waals surface area contributed by atoms with Crippen LogP contribution in [0.15, 0.2) is 65.7 Å². The average molecular weight is 433 g/mol. The number of carbonyl (C=O) groups is 2. The van der Waals surface area contributed by atoms with Gasteiger partial charge in [-0.25, -0.2) is 9.29 Å². The minimum atomic E-state index is -0.545. The zero-order valence-corrected chi connectivity index (χ0v) is 16.4. The van der Waals surface area contributed by atoms with Gasteiger partial charge in [-0.1, -0.05) is 29.3 Å². The molecule has 4 nitrogen and oxygen atoms in total. The minimum absolute atomic E-state index is 0.107. The van der Waals surface area contributed by atoms with Gasteiger partial charge in [0.15, 0.2) is 0 Å². The Balaban J connectivity index is 1.80. The van der Waals surface area contributed by atoms with Crippen LogP contribution in [0.25, 0.3) is 5.57 Å². The summed E-state index contributed by atoms with van der Waals surface area (Å²) in [5, 5.41) is 5.38. The smallest absolute Gasteiger partial charge is 0.282 e. The Kier molecular flexibility index (Phi) is 4.93. The lowest BCUT2D eigenvalue weighted by Crippen LogP contribution is -2.32. The summed E-state index contributed by atoms with van der Waals surface area (Å²) in [6, 6.07) is 13.6. The van der Waals surface area contributed by atoms with Crippen LogP contribution >= 0.6 is 34.5 Å². The molecular weight excluding hydrogens is 422 g/mol. The molecule has 0 saturated carbocycles. The van der Waals surface area contributed by atoms with Gasteiger partial charge in [0.25, 0.3) is 11.8 Å². The predicted octanol–water partition coefficient (Wildman–Crippen LogP) is 5.59. The first-order valence-corrected chi connectivity index (χ1v) is 9.73. The number of amides is 2. The second-order valence-corrected chi connectivity index (χ2v) is 7.75. The molecule has 2 aromatic carbocycles. The molecule has 2 amide bonds. The highest BCUT2D eigenvalue weighted by Crippen LogP contribution is 2.37. The first kappa shape index (κ1) is 18.7. The van der Waals surface area contributed by atoms with Crippen molar-refractivity contribution in [3.05, 3.63) is 86.4 Å². The third kappa shape index (κ3) is 3.42. The van der Waals surface area contributed by atoms with Crippen molar-refractivity contribution < 1.29 is 14.0 Å². The van der Waals surface area contributed by atoms with Crippen molar-refractivity contribution in [2.45, 2.75) is 0 Å². The third-order valence-corrected chi connectivity index (χ3v) is 5.39. The highest BCUT2D eigenvalue weighted by Gasteiger charge is 2.40. The molecule has 0 unspecified atom stereocenters. The van der Waals surface area contributed by atoms with Crippen LogP contribution in [0.1, 0.15) is 4.88 Å². The number of hydrogen-bond donors (Lipinski definition) is 1. The number of carbonyl (C=O) groups excluding carboxylic acids is 2. The van der Waals surface area contributed by atoms with Gasteiger partial charge in [-0.15, -0.1) is 11.3 Å². The number of rotatable bonds is 4. The fraction of sp³-hybridized carbons (Fsp3) is 0. The second kappa shape index (κ2) is 7.39. The van der Waals surface area contributed by atoms with Crippen molar-refractivity contribution in [1.29, 1.82) is 0 Å². The van der Waals surface area contributed by atoms with Crippen LogP contribution in [-0.4, -0.2) is 11.8 Å². The van der Waals surface area contributed by atoms with Gasteiger partial charge in [-0.05, 0) is 53.9 Å². The van der Waals surface area contributed by atoms with Crippen molar-refractivity contribution in [2.75, 3.05) is 10.2 Å². The van der Waals surface area contributed by atoms with Crippen LogP contribution in [0.4, 0.5) is 15.8 Å². The number of hydrogen-bond acceptors (Lipinski definition) is 4. The summed E-state index contributed by atoms with van der Waals surface area (Å²) in [5.74, 6) is -1.44. The van der Waals surface area contributed by atoms with Gasteiger partial charge in [0.2, 0.25) is 0 Å². The molecule has 1 aliphatic heterocycles. The quantitative estimate of drug-likeness (QED) is 0.546. The average Bonchev–Trinajstić information content (AvgIpc) is 3.23. The molecule has 0 radical (unpaired) electrons. The molecule has 3 aromatic rings. The van der Waals surface area contributed by atoms with Gasteiger partial charge in [0.1, 0.15) is 11.5 Å². The Hall–Kier alpha value is -2.67. The van der Waals surface area contributed by atoms with Crippen LogP contribution in [0.5, 0.6) is 0 Å². The fourth-order valence-electron chi connectivity index (χ4n) is 2.88. The Bertz CT molecular complexity index is 1090. The maximum absolute atomic E-state index is 13.2. The highest BCUT2D eigenvalue weighted by molar-refractivity contribution is 7.11. The summed E-state index contributed by atoms with van der Waals surface area (Å²) in [6.07, 6.45) is 0. The summed E-state index contributed by atoms with van der Waals surface area (Å²) in [4.78, 5) is 28.0. The highest BCUT2D eigenvalue weighted by atomic mass is 35.5. The van der Waals surface area contributed by atoms with Gasteiger partial charge in [-0.2, -0.15) is 0 Å². The lowest BCUT2D eigenvalue weighted by Gasteiger charge is -2.16. The largest absolute Gasteiger partial charge is 0.350 e. The predicted molar refractivity (Wildman–Crippen MR) is 110 cm³/mol. The van der Waals surface area contributed by atoms with Gasteiger partial charge >= 0.3 is 0 Å². The fourth-order valence-corrected chi connectivity index (χ4v) is 4.16. The topological polar surface area (TPSA) is 49.4 Å². The van der Waals surface area contributed by atoms with E-state index in [4.69, 9.17) is 23.2 Å².